The highest BCUT2D eigenvalue weighted by Gasteiger charge is 2.17. The Morgan fingerprint density at radius 3 is 2.81 bits per heavy atom. The van der Waals surface area contributed by atoms with Crippen molar-refractivity contribution in [1.29, 1.82) is 0 Å². The minimum atomic E-state index is 0.181. The van der Waals surface area contributed by atoms with Gasteiger partial charge in [-0.3, -0.25) is 9.67 Å². The van der Waals surface area contributed by atoms with Crippen LogP contribution in [0.1, 0.15) is 43.3 Å². The maximum atomic E-state index is 6.31. The summed E-state index contributed by atoms with van der Waals surface area (Å²) in [5.74, 6) is 0. The van der Waals surface area contributed by atoms with Crippen LogP contribution >= 0.6 is 11.6 Å². The molecule has 0 aromatic carbocycles. The Kier molecular flexibility index (Phi) is 5.76. The topological polar surface area (TPSA) is 42.7 Å². The summed E-state index contributed by atoms with van der Waals surface area (Å²) in [5, 5.41) is 8.81. The van der Waals surface area contributed by atoms with E-state index in [4.69, 9.17) is 11.6 Å². The third-order valence-corrected chi connectivity index (χ3v) is 3.94. The van der Waals surface area contributed by atoms with Crippen molar-refractivity contribution < 1.29 is 0 Å². The molecule has 1 N–H and O–H groups in total. The second-order valence-electron chi connectivity index (χ2n) is 5.21. The molecule has 2 rings (SSSR count). The summed E-state index contributed by atoms with van der Waals surface area (Å²) >= 11 is 6.31. The van der Waals surface area contributed by atoms with Gasteiger partial charge in [-0.05, 0) is 37.1 Å². The Bertz CT molecular complexity index is 579. The maximum Gasteiger partial charge on any atom is 0.0637 e. The molecule has 5 heteroatoms. The van der Waals surface area contributed by atoms with E-state index in [1.807, 2.05) is 17.8 Å². The van der Waals surface area contributed by atoms with Crippen LogP contribution in [-0.4, -0.2) is 21.3 Å². The molecule has 114 valence electrons. The van der Waals surface area contributed by atoms with E-state index in [0.717, 1.165) is 37.1 Å². The summed E-state index contributed by atoms with van der Waals surface area (Å²) in [4.78, 5) is 4.07. The van der Waals surface area contributed by atoms with Crippen molar-refractivity contribution in [3.63, 3.8) is 0 Å². The highest BCUT2D eigenvalue weighted by molar-refractivity contribution is 6.31. The standard InChI is InChI=1S/C16H23ClN4/c1-4-7-19-16(14-6-8-18-11-15(14)17)10-13-9-12(5-2)20-21(13)3/h6,8-9,11,16,19H,4-5,7,10H2,1-3H3. The zero-order valence-electron chi connectivity index (χ0n) is 12.9. The number of nitrogens with zero attached hydrogens (tertiary/aromatic N) is 3. The molecule has 21 heavy (non-hydrogen) atoms. The van der Waals surface area contributed by atoms with Gasteiger partial charge in [0.15, 0.2) is 0 Å². The summed E-state index contributed by atoms with van der Waals surface area (Å²) in [6.45, 7) is 5.25. The van der Waals surface area contributed by atoms with E-state index in [1.165, 1.54) is 5.69 Å². The van der Waals surface area contributed by atoms with Crippen molar-refractivity contribution in [2.45, 2.75) is 39.2 Å². The number of hydrogen-bond acceptors (Lipinski definition) is 3. The number of pyridine rings is 1. The largest absolute Gasteiger partial charge is 0.310 e. The lowest BCUT2D eigenvalue weighted by Crippen LogP contribution is -2.25. The molecule has 0 aliphatic carbocycles. The van der Waals surface area contributed by atoms with Gasteiger partial charge in [0.25, 0.3) is 0 Å². The Balaban J connectivity index is 2.24. The van der Waals surface area contributed by atoms with E-state index in [2.05, 4.69) is 35.3 Å². The number of nitrogens with one attached hydrogen (secondary N) is 1. The molecule has 0 bridgehead atoms. The normalized spacial score (nSPS) is 12.6. The zero-order valence-corrected chi connectivity index (χ0v) is 13.7. The van der Waals surface area contributed by atoms with Gasteiger partial charge in [0.2, 0.25) is 0 Å². The molecule has 2 aromatic heterocycles. The second-order valence-corrected chi connectivity index (χ2v) is 5.62. The molecular formula is C16H23ClN4. The molecule has 0 spiro atoms. The number of aryl methyl sites for hydroxylation is 2. The van der Waals surface area contributed by atoms with Gasteiger partial charge < -0.3 is 5.32 Å². The summed E-state index contributed by atoms with van der Waals surface area (Å²) in [6, 6.07) is 4.35. The van der Waals surface area contributed by atoms with Crippen LogP contribution < -0.4 is 5.32 Å². The molecule has 0 amide bonds. The lowest BCUT2D eigenvalue weighted by Gasteiger charge is -2.20. The van der Waals surface area contributed by atoms with Gasteiger partial charge in [-0.1, -0.05) is 25.4 Å². The fourth-order valence-electron chi connectivity index (χ4n) is 2.42. The van der Waals surface area contributed by atoms with Gasteiger partial charge in [0.1, 0.15) is 0 Å². The van der Waals surface area contributed by atoms with Crippen LogP contribution in [0.5, 0.6) is 0 Å². The third-order valence-electron chi connectivity index (χ3n) is 3.62. The average molecular weight is 307 g/mol. The summed E-state index contributed by atoms with van der Waals surface area (Å²) in [5.41, 5.74) is 3.44. The third kappa shape index (κ3) is 4.05. The summed E-state index contributed by atoms with van der Waals surface area (Å²) in [6.07, 6.45) is 6.41. The van der Waals surface area contributed by atoms with Gasteiger partial charge >= 0.3 is 0 Å². The fourth-order valence-corrected chi connectivity index (χ4v) is 2.67. The number of aromatic nitrogens is 3. The monoisotopic (exact) mass is 306 g/mol. The Hall–Kier alpha value is -1.39. The van der Waals surface area contributed by atoms with Crippen molar-refractivity contribution in [3.8, 4) is 0 Å². The highest BCUT2D eigenvalue weighted by atomic mass is 35.5. The zero-order chi connectivity index (χ0) is 15.2. The van der Waals surface area contributed by atoms with Crippen LogP contribution in [0.25, 0.3) is 0 Å². The minimum Gasteiger partial charge on any atom is -0.310 e. The molecule has 0 fully saturated rings. The van der Waals surface area contributed by atoms with E-state index in [-0.39, 0.29) is 6.04 Å². The molecule has 0 aliphatic heterocycles. The number of hydrogen-bond donors (Lipinski definition) is 1. The quantitative estimate of drug-likeness (QED) is 0.853. The van der Waals surface area contributed by atoms with Crippen molar-refractivity contribution in [2.24, 2.45) is 7.05 Å². The van der Waals surface area contributed by atoms with E-state index in [0.29, 0.717) is 5.02 Å². The molecule has 0 saturated carbocycles. The highest BCUT2D eigenvalue weighted by Crippen LogP contribution is 2.25. The fraction of sp³-hybridized carbons (Fsp3) is 0.500. The Morgan fingerprint density at radius 1 is 1.38 bits per heavy atom. The lowest BCUT2D eigenvalue weighted by atomic mass is 10.0. The summed E-state index contributed by atoms with van der Waals surface area (Å²) in [7, 11) is 2.00. The van der Waals surface area contributed by atoms with E-state index < -0.39 is 0 Å². The summed E-state index contributed by atoms with van der Waals surface area (Å²) < 4.78 is 1.97. The van der Waals surface area contributed by atoms with Crippen LogP contribution in [-0.2, 0) is 19.9 Å². The molecule has 0 aliphatic rings. The Labute approximate surface area is 131 Å². The maximum absolute atomic E-state index is 6.31. The molecule has 0 radical (unpaired) electrons. The lowest BCUT2D eigenvalue weighted by molar-refractivity contribution is 0.512. The average Bonchev–Trinajstić information content (AvgIpc) is 2.84. The smallest absolute Gasteiger partial charge is 0.0637 e. The van der Waals surface area contributed by atoms with Crippen LogP contribution in [0.2, 0.25) is 5.02 Å². The van der Waals surface area contributed by atoms with Crippen molar-refractivity contribution in [2.75, 3.05) is 6.54 Å². The van der Waals surface area contributed by atoms with E-state index >= 15 is 0 Å². The van der Waals surface area contributed by atoms with Gasteiger partial charge in [0, 0.05) is 37.6 Å². The van der Waals surface area contributed by atoms with Crippen molar-refractivity contribution >= 4 is 11.6 Å². The molecule has 4 nitrogen and oxygen atoms in total. The first-order chi connectivity index (χ1) is 10.2. The predicted octanol–water partition coefficient (Wildman–Crippen LogP) is 3.31. The Morgan fingerprint density at radius 2 is 2.19 bits per heavy atom. The van der Waals surface area contributed by atoms with Crippen molar-refractivity contribution in [3.05, 3.63) is 46.5 Å². The van der Waals surface area contributed by atoms with Crippen LogP contribution in [0.3, 0.4) is 0 Å². The predicted molar refractivity (Wildman–Crippen MR) is 86.6 cm³/mol. The first kappa shape index (κ1) is 16.0. The molecule has 2 heterocycles. The van der Waals surface area contributed by atoms with Gasteiger partial charge in [-0.2, -0.15) is 5.10 Å². The molecular weight excluding hydrogens is 284 g/mol. The molecule has 2 aromatic rings. The first-order valence-corrected chi connectivity index (χ1v) is 7.88. The van der Waals surface area contributed by atoms with E-state index in [1.54, 1.807) is 12.4 Å². The number of rotatable bonds is 7. The molecule has 1 atom stereocenters. The van der Waals surface area contributed by atoms with Crippen molar-refractivity contribution in [1.82, 2.24) is 20.1 Å². The van der Waals surface area contributed by atoms with Gasteiger partial charge in [-0.15, -0.1) is 0 Å². The molecule has 1 unspecified atom stereocenters. The van der Waals surface area contributed by atoms with Crippen LogP contribution in [0.4, 0.5) is 0 Å². The van der Waals surface area contributed by atoms with Crippen LogP contribution in [0.15, 0.2) is 24.5 Å². The second kappa shape index (κ2) is 7.57. The molecule has 0 saturated heterocycles. The first-order valence-electron chi connectivity index (χ1n) is 7.50. The van der Waals surface area contributed by atoms with Crippen LogP contribution in [0, 0.1) is 0 Å². The number of halogens is 1. The SMILES string of the molecule is CCCNC(Cc1cc(CC)nn1C)c1ccncc1Cl. The van der Waals surface area contributed by atoms with E-state index in [9.17, 15) is 0 Å². The van der Waals surface area contributed by atoms with Gasteiger partial charge in [0.05, 0.1) is 10.7 Å². The minimum absolute atomic E-state index is 0.181. The van der Waals surface area contributed by atoms with Gasteiger partial charge in [-0.25, -0.2) is 0 Å².